The molecule has 4 rings (SSSR count). The molecule has 1 N–H and O–H groups in total. The number of hydrogen-bond acceptors (Lipinski definition) is 2. The van der Waals surface area contributed by atoms with Crippen LogP contribution in [0.4, 0.5) is 0 Å². The number of rotatable bonds is 3. The zero-order chi connectivity index (χ0) is 16.5. The van der Waals surface area contributed by atoms with Crippen molar-refractivity contribution in [3.63, 3.8) is 0 Å². The summed E-state index contributed by atoms with van der Waals surface area (Å²) in [5.74, 6) is 0. The summed E-state index contributed by atoms with van der Waals surface area (Å²) in [6.07, 6.45) is 0.966. The van der Waals surface area contributed by atoms with Crippen molar-refractivity contribution in [2.75, 3.05) is 6.54 Å². The van der Waals surface area contributed by atoms with E-state index in [4.69, 9.17) is 23.2 Å². The fourth-order valence-electron chi connectivity index (χ4n) is 3.24. The van der Waals surface area contributed by atoms with Gasteiger partial charge in [-0.05, 0) is 11.6 Å². The lowest BCUT2D eigenvalue weighted by Gasteiger charge is -2.27. The molecule has 0 atom stereocenters. The van der Waals surface area contributed by atoms with Crippen molar-refractivity contribution < 1.29 is 0 Å². The smallest absolute Gasteiger partial charge is 0.0984 e. The van der Waals surface area contributed by atoms with E-state index in [1.807, 2.05) is 18.2 Å². The van der Waals surface area contributed by atoms with Gasteiger partial charge >= 0.3 is 0 Å². The van der Waals surface area contributed by atoms with E-state index >= 15 is 0 Å². The third-order valence-electron chi connectivity index (χ3n) is 4.47. The van der Waals surface area contributed by atoms with Crippen molar-refractivity contribution in [2.45, 2.75) is 19.5 Å². The van der Waals surface area contributed by atoms with Crippen molar-refractivity contribution in [2.24, 2.45) is 0 Å². The summed E-state index contributed by atoms with van der Waals surface area (Å²) >= 11 is 12.6. The molecular formula is C19H17Cl2N3. The second-order valence-electron chi connectivity index (χ2n) is 6.08. The van der Waals surface area contributed by atoms with Crippen molar-refractivity contribution in [1.82, 2.24) is 15.1 Å². The first kappa shape index (κ1) is 15.7. The number of halogens is 2. The second-order valence-corrected chi connectivity index (χ2v) is 6.86. The molecule has 0 saturated heterocycles. The normalized spacial score (nSPS) is 14.6. The summed E-state index contributed by atoms with van der Waals surface area (Å²) in [5, 5.41) is 8.82. The highest BCUT2D eigenvalue weighted by Gasteiger charge is 2.24. The molecule has 122 valence electrons. The predicted octanol–water partition coefficient (Wildman–Crippen LogP) is 4.94. The maximum atomic E-state index is 6.39. The molecule has 24 heavy (non-hydrogen) atoms. The Labute approximate surface area is 151 Å². The molecule has 2 aromatic carbocycles. The number of benzene rings is 2. The van der Waals surface area contributed by atoms with Gasteiger partial charge in [0.2, 0.25) is 0 Å². The number of aromatic nitrogens is 2. The van der Waals surface area contributed by atoms with Gasteiger partial charge in [-0.3, -0.25) is 10.00 Å². The number of nitrogens with one attached hydrogen (secondary N) is 1. The van der Waals surface area contributed by atoms with E-state index in [2.05, 4.69) is 39.4 Å². The van der Waals surface area contributed by atoms with Crippen molar-refractivity contribution in [3.8, 4) is 11.3 Å². The van der Waals surface area contributed by atoms with Crippen molar-refractivity contribution >= 4 is 23.2 Å². The fraction of sp³-hybridized carbons (Fsp3) is 0.211. The molecule has 1 aromatic heterocycles. The Balaban J connectivity index is 1.64. The van der Waals surface area contributed by atoms with Crippen LogP contribution in [0.5, 0.6) is 0 Å². The molecule has 3 nitrogen and oxygen atoms in total. The van der Waals surface area contributed by atoms with Crippen LogP contribution >= 0.6 is 23.2 Å². The van der Waals surface area contributed by atoms with Gasteiger partial charge in [0, 0.05) is 42.9 Å². The zero-order valence-corrected chi connectivity index (χ0v) is 14.6. The van der Waals surface area contributed by atoms with Crippen molar-refractivity contribution in [1.29, 1.82) is 0 Å². The summed E-state index contributed by atoms with van der Waals surface area (Å²) in [5.41, 5.74) is 5.55. The van der Waals surface area contributed by atoms with E-state index in [0.29, 0.717) is 10.0 Å². The van der Waals surface area contributed by atoms with Gasteiger partial charge < -0.3 is 0 Å². The first-order chi connectivity index (χ1) is 11.7. The average Bonchev–Trinajstić information content (AvgIpc) is 3.01. The van der Waals surface area contributed by atoms with Gasteiger partial charge in [-0.1, -0.05) is 65.7 Å². The van der Waals surface area contributed by atoms with E-state index in [1.165, 1.54) is 16.8 Å². The Morgan fingerprint density at radius 3 is 2.71 bits per heavy atom. The summed E-state index contributed by atoms with van der Waals surface area (Å²) in [6, 6.07) is 16.2. The topological polar surface area (TPSA) is 31.9 Å². The minimum absolute atomic E-state index is 0.558. The van der Waals surface area contributed by atoms with Crippen LogP contribution in [0.3, 0.4) is 0 Å². The zero-order valence-electron chi connectivity index (χ0n) is 13.1. The lowest BCUT2D eigenvalue weighted by molar-refractivity contribution is 0.245. The van der Waals surface area contributed by atoms with Crippen LogP contribution in [-0.2, 0) is 19.5 Å². The largest absolute Gasteiger partial charge is 0.294 e. The molecule has 0 spiro atoms. The Morgan fingerprint density at radius 2 is 1.88 bits per heavy atom. The minimum Gasteiger partial charge on any atom is -0.294 e. The number of nitrogens with zero attached hydrogens (tertiary/aromatic N) is 2. The number of fused-ring (bicyclic) bond motifs is 1. The summed E-state index contributed by atoms with van der Waals surface area (Å²) in [7, 11) is 0. The highest BCUT2D eigenvalue weighted by Crippen LogP contribution is 2.36. The molecule has 1 aliphatic rings. The fourth-order valence-corrected chi connectivity index (χ4v) is 3.63. The Morgan fingerprint density at radius 1 is 1.04 bits per heavy atom. The van der Waals surface area contributed by atoms with Gasteiger partial charge in [0.05, 0.1) is 15.7 Å². The molecule has 0 fully saturated rings. The average molecular weight is 358 g/mol. The third kappa shape index (κ3) is 2.95. The molecule has 5 heteroatoms. The van der Waals surface area contributed by atoms with E-state index in [1.54, 1.807) is 6.07 Å². The molecule has 0 aliphatic carbocycles. The molecule has 0 unspecified atom stereocenters. The van der Waals surface area contributed by atoms with Crippen LogP contribution in [-0.4, -0.2) is 21.6 Å². The second kappa shape index (κ2) is 6.60. The maximum absolute atomic E-state index is 6.39. The third-order valence-corrected chi connectivity index (χ3v) is 5.29. The molecule has 0 saturated carbocycles. The highest BCUT2D eigenvalue weighted by molar-refractivity contribution is 6.43. The predicted molar refractivity (Wildman–Crippen MR) is 98.3 cm³/mol. The van der Waals surface area contributed by atoms with Gasteiger partial charge in [0.1, 0.15) is 0 Å². The monoisotopic (exact) mass is 357 g/mol. The van der Waals surface area contributed by atoms with Crippen LogP contribution in [0.2, 0.25) is 10.0 Å². The van der Waals surface area contributed by atoms with Gasteiger partial charge in [0.15, 0.2) is 0 Å². The van der Waals surface area contributed by atoms with Crippen LogP contribution in [0.15, 0.2) is 48.5 Å². The first-order valence-electron chi connectivity index (χ1n) is 7.99. The molecule has 0 amide bonds. The standard InChI is InChI=1S/C19H17Cl2N3/c20-16-8-4-7-14(18(16)21)19-15-12-24(10-9-17(15)22-23-19)11-13-5-2-1-3-6-13/h1-8H,9-12H2,(H,22,23). The number of aromatic amines is 1. The first-order valence-corrected chi connectivity index (χ1v) is 8.75. The van der Waals surface area contributed by atoms with Gasteiger partial charge in [0.25, 0.3) is 0 Å². The highest BCUT2D eigenvalue weighted by atomic mass is 35.5. The Kier molecular flexibility index (Phi) is 4.31. The minimum atomic E-state index is 0.558. The quantitative estimate of drug-likeness (QED) is 0.719. The summed E-state index contributed by atoms with van der Waals surface area (Å²) < 4.78 is 0. The van der Waals surface area contributed by atoms with Crippen molar-refractivity contribution in [3.05, 3.63) is 75.4 Å². The number of H-pyrrole nitrogens is 1. The summed E-state index contributed by atoms with van der Waals surface area (Å²) in [4.78, 5) is 2.44. The van der Waals surface area contributed by atoms with Crippen LogP contribution < -0.4 is 0 Å². The van der Waals surface area contributed by atoms with Gasteiger partial charge in [-0.25, -0.2) is 0 Å². The molecule has 1 aliphatic heterocycles. The van der Waals surface area contributed by atoms with Gasteiger partial charge in [-0.2, -0.15) is 5.10 Å². The van der Waals surface area contributed by atoms with E-state index in [9.17, 15) is 0 Å². The van der Waals surface area contributed by atoms with E-state index < -0.39 is 0 Å². The van der Waals surface area contributed by atoms with Crippen LogP contribution in [0.25, 0.3) is 11.3 Å². The SMILES string of the molecule is Clc1cccc(-c2n[nH]c3c2CN(Cc2ccccc2)CC3)c1Cl. The molecule has 0 bridgehead atoms. The lowest BCUT2D eigenvalue weighted by Crippen LogP contribution is -2.29. The van der Waals surface area contributed by atoms with Crippen LogP contribution in [0, 0.1) is 0 Å². The Hall–Kier alpha value is -1.81. The van der Waals surface area contributed by atoms with Gasteiger partial charge in [-0.15, -0.1) is 0 Å². The molecule has 2 heterocycles. The molecule has 3 aromatic rings. The molecular weight excluding hydrogens is 341 g/mol. The maximum Gasteiger partial charge on any atom is 0.0984 e. The lowest BCUT2D eigenvalue weighted by atomic mass is 10.0. The van der Waals surface area contributed by atoms with E-state index in [-0.39, 0.29) is 0 Å². The summed E-state index contributed by atoms with van der Waals surface area (Å²) in [6.45, 7) is 2.82. The van der Waals surface area contributed by atoms with Crippen LogP contribution in [0.1, 0.15) is 16.8 Å². The molecule has 0 radical (unpaired) electrons. The Bertz CT molecular complexity index is 858. The number of hydrogen-bond donors (Lipinski definition) is 1. The van der Waals surface area contributed by atoms with E-state index in [0.717, 1.165) is 37.3 Å².